The van der Waals surface area contributed by atoms with Crippen molar-refractivity contribution in [3.05, 3.63) is 65.5 Å². The molecule has 7 heteroatoms. The first-order chi connectivity index (χ1) is 12.4. The SMILES string of the molecule is Cc1ccc(-c2nnn([C@H](C)C(=O)N(C)Cc3cccc(F)c3)n2)cc1. The summed E-state index contributed by atoms with van der Waals surface area (Å²) in [6.45, 7) is 4.02. The molecule has 26 heavy (non-hydrogen) atoms. The van der Waals surface area contributed by atoms with Crippen LogP contribution in [-0.4, -0.2) is 38.1 Å². The lowest BCUT2D eigenvalue weighted by Gasteiger charge is -2.20. The van der Waals surface area contributed by atoms with Gasteiger partial charge in [0.15, 0.2) is 0 Å². The van der Waals surface area contributed by atoms with Gasteiger partial charge in [0.25, 0.3) is 0 Å². The summed E-state index contributed by atoms with van der Waals surface area (Å²) in [5, 5.41) is 12.4. The first kappa shape index (κ1) is 17.7. The molecule has 1 aromatic heterocycles. The molecule has 0 N–H and O–H groups in total. The average Bonchev–Trinajstić information content (AvgIpc) is 3.11. The van der Waals surface area contributed by atoms with Gasteiger partial charge >= 0.3 is 0 Å². The maximum Gasteiger partial charge on any atom is 0.249 e. The molecule has 3 rings (SSSR count). The summed E-state index contributed by atoms with van der Waals surface area (Å²) >= 11 is 0. The van der Waals surface area contributed by atoms with Gasteiger partial charge in [-0.25, -0.2) is 4.39 Å². The summed E-state index contributed by atoms with van der Waals surface area (Å²) in [6.07, 6.45) is 0. The molecule has 2 aromatic carbocycles. The average molecular weight is 353 g/mol. The monoisotopic (exact) mass is 353 g/mol. The molecule has 0 aliphatic rings. The highest BCUT2D eigenvalue weighted by atomic mass is 19.1. The molecule has 0 spiro atoms. The minimum atomic E-state index is -0.611. The van der Waals surface area contributed by atoms with E-state index in [2.05, 4.69) is 15.4 Å². The largest absolute Gasteiger partial charge is 0.340 e. The number of hydrogen-bond acceptors (Lipinski definition) is 4. The van der Waals surface area contributed by atoms with Crippen molar-refractivity contribution >= 4 is 5.91 Å². The Labute approximate surface area is 151 Å². The Hall–Kier alpha value is -3.09. The smallest absolute Gasteiger partial charge is 0.249 e. The van der Waals surface area contributed by atoms with Crippen LogP contribution in [-0.2, 0) is 11.3 Å². The van der Waals surface area contributed by atoms with E-state index >= 15 is 0 Å². The van der Waals surface area contributed by atoms with E-state index in [9.17, 15) is 9.18 Å². The van der Waals surface area contributed by atoms with E-state index in [1.54, 1.807) is 26.1 Å². The second-order valence-electron chi connectivity index (χ2n) is 6.30. The van der Waals surface area contributed by atoms with Crippen molar-refractivity contribution < 1.29 is 9.18 Å². The highest BCUT2D eigenvalue weighted by Crippen LogP contribution is 2.16. The quantitative estimate of drug-likeness (QED) is 0.707. The third-order valence-electron chi connectivity index (χ3n) is 4.13. The van der Waals surface area contributed by atoms with E-state index in [0.29, 0.717) is 12.4 Å². The molecule has 0 saturated heterocycles. The van der Waals surface area contributed by atoms with Crippen LogP contribution in [0.15, 0.2) is 48.5 Å². The van der Waals surface area contributed by atoms with Gasteiger partial charge in [0.1, 0.15) is 11.9 Å². The Morgan fingerprint density at radius 1 is 1.23 bits per heavy atom. The van der Waals surface area contributed by atoms with Crippen LogP contribution in [0.2, 0.25) is 0 Å². The number of nitrogens with zero attached hydrogens (tertiary/aromatic N) is 5. The lowest BCUT2D eigenvalue weighted by molar-refractivity contribution is -0.134. The molecule has 0 saturated carbocycles. The lowest BCUT2D eigenvalue weighted by Crippen LogP contribution is -2.33. The highest BCUT2D eigenvalue weighted by Gasteiger charge is 2.22. The zero-order valence-corrected chi connectivity index (χ0v) is 14.9. The van der Waals surface area contributed by atoms with Crippen LogP contribution in [0.3, 0.4) is 0 Å². The third kappa shape index (κ3) is 3.93. The number of rotatable bonds is 5. The number of amides is 1. The van der Waals surface area contributed by atoms with Gasteiger partial charge in [-0.2, -0.15) is 4.80 Å². The molecule has 0 radical (unpaired) electrons. The summed E-state index contributed by atoms with van der Waals surface area (Å²) in [6, 6.07) is 13.4. The fourth-order valence-corrected chi connectivity index (χ4v) is 2.61. The van der Waals surface area contributed by atoms with Crippen molar-refractivity contribution in [2.24, 2.45) is 0 Å². The van der Waals surface area contributed by atoms with E-state index < -0.39 is 6.04 Å². The van der Waals surface area contributed by atoms with E-state index in [4.69, 9.17) is 0 Å². The Morgan fingerprint density at radius 2 is 1.96 bits per heavy atom. The summed E-state index contributed by atoms with van der Waals surface area (Å²) in [5.41, 5.74) is 2.71. The van der Waals surface area contributed by atoms with Crippen molar-refractivity contribution in [3.63, 3.8) is 0 Å². The summed E-state index contributed by atoms with van der Waals surface area (Å²) in [7, 11) is 1.67. The van der Waals surface area contributed by atoms with Crippen molar-refractivity contribution in [2.75, 3.05) is 7.05 Å². The van der Waals surface area contributed by atoms with Gasteiger partial charge in [0.05, 0.1) is 0 Å². The van der Waals surface area contributed by atoms with Crippen molar-refractivity contribution in [1.82, 2.24) is 25.1 Å². The molecule has 0 unspecified atom stereocenters. The maximum atomic E-state index is 13.3. The number of aryl methyl sites for hydroxylation is 1. The number of halogens is 1. The molecule has 1 heterocycles. The normalized spacial score (nSPS) is 12.0. The second-order valence-corrected chi connectivity index (χ2v) is 6.30. The van der Waals surface area contributed by atoms with Gasteiger partial charge in [-0.15, -0.1) is 10.2 Å². The van der Waals surface area contributed by atoms with Gasteiger partial charge in [-0.05, 0) is 36.8 Å². The van der Waals surface area contributed by atoms with E-state index in [1.165, 1.54) is 21.8 Å². The van der Waals surface area contributed by atoms with Gasteiger partial charge in [0, 0.05) is 19.2 Å². The number of likely N-dealkylation sites (N-methyl/N-ethyl adjacent to an activating group) is 1. The zero-order chi connectivity index (χ0) is 18.7. The zero-order valence-electron chi connectivity index (χ0n) is 14.9. The van der Waals surface area contributed by atoms with Gasteiger partial charge in [-0.1, -0.05) is 42.0 Å². The minimum absolute atomic E-state index is 0.179. The maximum absolute atomic E-state index is 13.3. The van der Waals surface area contributed by atoms with E-state index in [0.717, 1.165) is 16.7 Å². The predicted molar refractivity (Wildman–Crippen MR) is 95.6 cm³/mol. The lowest BCUT2D eigenvalue weighted by atomic mass is 10.1. The van der Waals surface area contributed by atoms with Crippen LogP contribution < -0.4 is 0 Å². The first-order valence-corrected chi connectivity index (χ1v) is 8.30. The molecule has 134 valence electrons. The van der Waals surface area contributed by atoms with E-state index in [-0.39, 0.29) is 11.7 Å². The number of carbonyl (C=O) groups excluding carboxylic acids is 1. The van der Waals surface area contributed by atoms with Gasteiger partial charge in [-0.3, -0.25) is 4.79 Å². The Bertz CT molecular complexity index is 906. The van der Waals surface area contributed by atoms with Crippen LogP contribution >= 0.6 is 0 Å². The van der Waals surface area contributed by atoms with Crippen LogP contribution in [0.25, 0.3) is 11.4 Å². The number of aromatic nitrogens is 4. The Kier molecular flexibility index (Phi) is 5.06. The second kappa shape index (κ2) is 7.43. The van der Waals surface area contributed by atoms with Crippen molar-refractivity contribution in [2.45, 2.75) is 26.4 Å². The Balaban J connectivity index is 1.71. The highest BCUT2D eigenvalue weighted by molar-refractivity contribution is 5.79. The summed E-state index contributed by atoms with van der Waals surface area (Å²) in [5.74, 6) is -0.0309. The van der Waals surface area contributed by atoms with Crippen LogP contribution in [0.1, 0.15) is 24.1 Å². The molecule has 0 aliphatic heterocycles. The molecular weight excluding hydrogens is 333 g/mol. The molecule has 1 amide bonds. The summed E-state index contributed by atoms with van der Waals surface area (Å²) in [4.78, 5) is 15.5. The first-order valence-electron chi connectivity index (χ1n) is 8.30. The van der Waals surface area contributed by atoms with Crippen molar-refractivity contribution in [1.29, 1.82) is 0 Å². The number of tetrazole rings is 1. The van der Waals surface area contributed by atoms with Crippen molar-refractivity contribution in [3.8, 4) is 11.4 Å². The summed E-state index contributed by atoms with van der Waals surface area (Å²) < 4.78 is 13.3. The third-order valence-corrected chi connectivity index (χ3v) is 4.13. The van der Waals surface area contributed by atoms with Gasteiger partial charge < -0.3 is 4.90 Å². The predicted octanol–water partition coefficient (Wildman–Crippen LogP) is 3.01. The number of benzene rings is 2. The fraction of sp³-hybridized carbons (Fsp3) is 0.263. The number of carbonyl (C=O) groups is 1. The van der Waals surface area contributed by atoms with Crippen LogP contribution in [0.5, 0.6) is 0 Å². The molecule has 1 atom stereocenters. The van der Waals surface area contributed by atoms with Crippen LogP contribution in [0.4, 0.5) is 4.39 Å². The molecule has 0 bridgehead atoms. The van der Waals surface area contributed by atoms with E-state index in [1.807, 2.05) is 31.2 Å². The van der Waals surface area contributed by atoms with Gasteiger partial charge in [0.2, 0.25) is 11.7 Å². The molecule has 0 aliphatic carbocycles. The topological polar surface area (TPSA) is 63.9 Å². The Morgan fingerprint density at radius 3 is 2.65 bits per heavy atom. The standard InChI is InChI=1S/C19H20FN5O/c1-13-7-9-16(10-8-13)18-21-23-25(22-18)14(2)19(26)24(3)12-15-5-4-6-17(20)11-15/h4-11,14H,12H2,1-3H3/t14-/m1/s1. The fourth-order valence-electron chi connectivity index (χ4n) is 2.61. The number of hydrogen-bond donors (Lipinski definition) is 0. The van der Waals surface area contributed by atoms with Crippen LogP contribution in [0, 0.1) is 12.7 Å². The molecule has 3 aromatic rings. The molecule has 0 fully saturated rings. The molecule has 6 nitrogen and oxygen atoms in total. The minimum Gasteiger partial charge on any atom is -0.340 e. The molecular formula is C19H20FN5O.